The highest BCUT2D eigenvalue weighted by Crippen LogP contribution is 2.22. The molecule has 1 unspecified atom stereocenters. The minimum absolute atomic E-state index is 0.0821. The number of rotatable bonds is 4. The van der Waals surface area contributed by atoms with Crippen molar-refractivity contribution in [2.75, 3.05) is 6.61 Å². The quantitative estimate of drug-likeness (QED) is 0.506. The van der Waals surface area contributed by atoms with Crippen LogP contribution in [0.15, 0.2) is 45.5 Å². The number of hydrogen-bond acceptors (Lipinski definition) is 7. The lowest BCUT2D eigenvalue weighted by atomic mass is 10.0. The van der Waals surface area contributed by atoms with Gasteiger partial charge in [0.1, 0.15) is 17.0 Å². The van der Waals surface area contributed by atoms with Crippen LogP contribution in [0, 0.1) is 0 Å². The monoisotopic (exact) mass is 368 g/mol. The first-order valence-corrected chi connectivity index (χ1v) is 8.69. The minimum atomic E-state index is -0.674. The predicted octanol–water partition coefficient (Wildman–Crippen LogP) is 2.30. The molecule has 140 valence electrons. The van der Waals surface area contributed by atoms with Crippen molar-refractivity contribution in [2.24, 2.45) is 10.2 Å². The maximum atomic E-state index is 12.7. The first kappa shape index (κ1) is 18.5. The Morgan fingerprint density at radius 3 is 2.85 bits per heavy atom. The van der Waals surface area contributed by atoms with Gasteiger partial charge < -0.3 is 9.84 Å². The maximum Gasteiger partial charge on any atom is 0.345 e. The summed E-state index contributed by atoms with van der Waals surface area (Å²) in [5, 5.41) is 17.6. The molecule has 1 N–H and O–H groups in total. The molecule has 2 heterocycles. The van der Waals surface area contributed by atoms with Crippen LogP contribution in [0.2, 0.25) is 0 Å². The first-order chi connectivity index (χ1) is 13.0. The van der Waals surface area contributed by atoms with Gasteiger partial charge in [-0.3, -0.25) is 9.36 Å². The van der Waals surface area contributed by atoms with Crippen LogP contribution in [0.25, 0.3) is 0 Å². The van der Waals surface area contributed by atoms with E-state index in [9.17, 15) is 14.7 Å². The summed E-state index contributed by atoms with van der Waals surface area (Å²) in [6.45, 7) is 3.77. The smallest absolute Gasteiger partial charge is 0.345 e. The van der Waals surface area contributed by atoms with Gasteiger partial charge in [0.05, 0.1) is 12.8 Å². The van der Waals surface area contributed by atoms with E-state index in [1.807, 2.05) is 6.92 Å². The van der Waals surface area contributed by atoms with E-state index in [4.69, 9.17) is 4.74 Å². The molecule has 0 spiro atoms. The molecule has 2 aromatic rings. The zero-order chi connectivity index (χ0) is 19.4. The third-order valence-corrected chi connectivity index (χ3v) is 4.26. The number of benzene rings is 1. The summed E-state index contributed by atoms with van der Waals surface area (Å²) in [4.78, 5) is 28.9. The van der Waals surface area contributed by atoms with Crippen LogP contribution in [0.4, 0.5) is 0 Å². The van der Waals surface area contributed by atoms with Crippen molar-refractivity contribution < 1.29 is 14.6 Å². The number of phenols is 1. The van der Waals surface area contributed by atoms with Gasteiger partial charge in [-0.25, -0.2) is 9.78 Å². The molecule has 0 saturated carbocycles. The molecule has 0 amide bonds. The molecule has 0 saturated heterocycles. The van der Waals surface area contributed by atoms with E-state index >= 15 is 0 Å². The number of ether oxygens (including phenoxy) is 1. The van der Waals surface area contributed by atoms with Crippen molar-refractivity contribution >= 4 is 17.9 Å². The molecule has 27 heavy (non-hydrogen) atoms. The van der Waals surface area contributed by atoms with Gasteiger partial charge in [0.25, 0.3) is 5.56 Å². The first-order valence-electron chi connectivity index (χ1n) is 8.69. The topological polar surface area (TPSA) is 106 Å². The molecule has 1 aromatic carbocycles. The van der Waals surface area contributed by atoms with Gasteiger partial charge in [-0.05, 0) is 56.5 Å². The van der Waals surface area contributed by atoms with Crippen LogP contribution < -0.4 is 5.56 Å². The number of aromatic nitrogens is 2. The Kier molecular flexibility index (Phi) is 5.44. The lowest BCUT2D eigenvalue weighted by Crippen LogP contribution is -2.37. The number of phenolic OH excluding ortho intramolecular Hbond substituents is 1. The third-order valence-electron chi connectivity index (χ3n) is 4.26. The highest BCUT2D eigenvalue weighted by Gasteiger charge is 2.26. The standard InChI is InChI=1S/C19H20N4O4/c1-3-27-19(26)15-11-20-17-16(9-4-12(2)23(17)18(15)25)22-21-10-13-5-7-14(24)8-6-13/h5-8,10-12,24H,3-4,9H2,1-2H3/b21-10+,22-16+. The molecule has 0 fully saturated rings. The minimum Gasteiger partial charge on any atom is -0.508 e. The van der Waals surface area contributed by atoms with Crippen molar-refractivity contribution in [1.82, 2.24) is 9.55 Å². The van der Waals surface area contributed by atoms with E-state index in [1.54, 1.807) is 37.4 Å². The molecule has 1 aliphatic rings. The molecule has 1 atom stereocenters. The van der Waals surface area contributed by atoms with E-state index in [0.29, 0.717) is 24.4 Å². The number of hydrogen-bond donors (Lipinski definition) is 1. The van der Waals surface area contributed by atoms with Crippen LogP contribution >= 0.6 is 0 Å². The third kappa shape index (κ3) is 3.94. The van der Waals surface area contributed by atoms with Crippen molar-refractivity contribution in [3.05, 3.63) is 57.8 Å². The molecular formula is C19H20N4O4. The van der Waals surface area contributed by atoms with Gasteiger partial charge in [-0.1, -0.05) is 0 Å². The average molecular weight is 368 g/mol. The van der Waals surface area contributed by atoms with Gasteiger partial charge in [-0.2, -0.15) is 10.2 Å². The second-order valence-electron chi connectivity index (χ2n) is 6.16. The number of carbonyl (C=O) groups excluding carboxylic acids is 1. The predicted molar refractivity (Wildman–Crippen MR) is 101 cm³/mol. The molecule has 8 nitrogen and oxygen atoms in total. The van der Waals surface area contributed by atoms with Gasteiger partial charge in [-0.15, -0.1) is 0 Å². The fourth-order valence-corrected chi connectivity index (χ4v) is 2.85. The van der Waals surface area contributed by atoms with E-state index in [-0.39, 0.29) is 24.0 Å². The molecule has 0 bridgehead atoms. The largest absolute Gasteiger partial charge is 0.508 e. The van der Waals surface area contributed by atoms with E-state index in [2.05, 4.69) is 15.2 Å². The Morgan fingerprint density at radius 2 is 2.15 bits per heavy atom. The van der Waals surface area contributed by atoms with Crippen molar-refractivity contribution in [1.29, 1.82) is 0 Å². The Bertz CT molecular complexity index is 961. The number of esters is 1. The molecule has 8 heteroatoms. The van der Waals surface area contributed by atoms with Crippen LogP contribution in [0.5, 0.6) is 5.75 Å². The number of fused-ring (bicyclic) bond motifs is 1. The average Bonchev–Trinajstić information content (AvgIpc) is 2.65. The van der Waals surface area contributed by atoms with E-state index in [1.165, 1.54) is 10.8 Å². The second-order valence-corrected chi connectivity index (χ2v) is 6.16. The molecular weight excluding hydrogens is 348 g/mol. The lowest BCUT2D eigenvalue weighted by Gasteiger charge is -2.24. The summed E-state index contributed by atoms with van der Waals surface area (Å²) in [6.07, 6.45) is 4.11. The Hall–Kier alpha value is -3.29. The molecule has 1 aliphatic heterocycles. The fraction of sp³-hybridized carbons (Fsp3) is 0.316. The maximum absolute atomic E-state index is 12.7. The number of aromatic hydroxyl groups is 1. The van der Waals surface area contributed by atoms with E-state index < -0.39 is 11.5 Å². The van der Waals surface area contributed by atoms with Crippen LogP contribution in [0.1, 0.15) is 54.5 Å². The molecule has 0 aliphatic carbocycles. The van der Waals surface area contributed by atoms with Gasteiger partial charge >= 0.3 is 5.97 Å². The zero-order valence-corrected chi connectivity index (χ0v) is 15.1. The van der Waals surface area contributed by atoms with Crippen LogP contribution in [0.3, 0.4) is 0 Å². The van der Waals surface area contributed by atoms with Crippen LogP contribution in [-0.2, 0) is 4.74 Å². The Labute approximate surface area is 155 Å². The summed E-state index contributed by atoms with van der Waals surface area (Å²) in [7, 11) is 0. The van der Waals surface area contributed by atoms with Crippen molar-refractivity contribution in [2.45, 2.75) is 32.7 Å². The normalized spacial score (nSPS) is 17.9. The summed E-state index contributed by atoms with van der Waals surface area (Å²) in [5.74, 6) is -0.0868. The Balaban J connectivity index is 1.94. The summed E-state index contributed by atoms with van der Waals surface area (Å²) < 4.78 is 6.40. The van der Waals surface area contributed by atoms with Gasteiger partial charge in [0, 0.05) is 12.2 Å². The van der Waals surface area contributed by atoms with Crippen molar-refractivity contribution in [3.63, 3.8) is 0 Å². The van der Waals surface area contributed by atoms with Gasteiger partial charge in [0.15, 0.2) is 5.82 Å². The summed E-state index contributed by atoms with van der Waals surface area (Å²) >= 11 is 0. The Morgan fingerprint density at radius 1 is 1.41 bits per heavy atom. The zero-order valence-electron chi connectivity index (χ0n) is 15.1. The molecule has 1 aromatic heterocycles. The molecule has 0 radical (unpaired) electrons. The lowest BCUT2D eigenvalue weighted by molar-refractivity contribution is 0.0522. The number of carbonyl (C=O) groups is 1. The fourth-order valence-electron chi connectivity index (χ4n) is 2.85. The highest BCUT2D eigenvalue weighted by molar-refractivity contribution is 5.99. The van der Waals surface area contributed by atoms with Crippen molar-refractivity contribution in [3.8, 4) is 5.75 Å². The second kappa shape index (κ2) is 7.94. The van der Waals surface area contributed by atoms with E-state index in [0.717, 1.165) is 5.56 Å². The SMILES string of the molecule is CCOC(=O)c1cnc2n(c1=O)C(C)CC/C2=N\N=C\c1ccc(O)cc1. The highest BCUT2D eigenvalue weighted by atomic mass is 16.5. The summed E-state index contributed by atoms with van der Waals surface area (Å²) in [6, 6.07) is 6.44. The van der Waals surface area contributed by atoms with Crippen LogP contribution in [-0.4, -0.2) is 39.2 Å². The van der Waals surface area contributed by atoms with Gasteiger partial charge in [0.2, 0.25) is 0 Å². The summed E-state index contributed by atoms with van der Waals surface area (Å²) in [5.41, 5.74) is 0.849. The number of nitrogens with zero attached hydrogens (tertiary/aromatic N) is 4. The molecule has 3 rings (SSSR count).